The third-order valence-corrected chi connectivity index (χ3v) is 3.04. The Kier molecular flexibility index (Phi) is 5.15. The average molecular weight is 285 g/mol. The number of hydrogen-bond donors (Lipinski definition) is 2. The second-order valence-electron chi connectivity index (χ2n) is 4.69. The number of urea groups is 1. The van der Waals surface area contributed by atoms with Gasteiger partial charge in [0, 0.05) is 12.7 Å². The van der Waals surface area contributed by atoms with Crippen molar-refractivity contribution in [2.45, 2.75) is 13.3 Å². The van der Waals surface area contributed by atoms with Crippen LogP contribution in [0.25, 0.3) is 0 Å². The molecule has 0 radical (unpaired) electrons. The number of benzene rings is 1. The van der Waals surface area contributed by atoms with Crippen LogP contribution in [0.1, 0.15) is 11.1 Å². The molecule has 2 amide bonds. The van der Waals surface area contributed by atoms with Crippen molar-refractivity contribution in [1.82, 2.24) is 10.3 Å². The summed E-state index contributed by atoms with van der Waals surface area (Å²) in [6.45, 7) is 2.57. The van der Waals surface area contributed by atoms with Crippen molar-refractivity contribution in [2.75, 3.05) is 19.0 Å². The van der Waals surface area contributed by atoms with Crippen LogP contribution in [0.4, 0.5) is 10.5 Å². The minimum absolute atomic E-state index is 0.241. The number of ether oxygens (including phenoxy) is 1. The van der Waals surface area contributed by atoms with Crippen molar-refractivity contribution in [3.05, 3.63) is 53.9 Å². The van der Waals surface area contributed by atoms with Gasteiger partial charge in [0.15, 0.2) is 0 Å². The molecule has 21 heavy (non-hydrogen) atoms. The van der Waals surface area contributed by atoms with E-state index >= 15 is 0 Å². The Morgan fingerprint density at radius 2 is 2.19 bits per heavy atom. The fraction of sp³-hybridized carbons (Fsp3) is 0.250. The van der Waals surface area contributed by atoms with Crippen LogP contribution in [0.3, 0.4) is 0 Å². The lowest BCUT2D eigenvalue weighted by Gasteiger charge is -2.11. The zero-order chi connectivity index (χ0) is 15.1. The number of aromatic nitrogens is 1. The van der Waals surface area contributed by atoms with Gasteiger partial charge < -0.3 is 15.4 Å². The van der Waals surface area contributed by atoms with E-state index in [0.29, 0.717) is 18.7 Å². The van der Waals surface area contributed by atoms with Crippen LogP contribution < -0.4 is 15.4 Å². The van der Waals surface area contributed by atoms with Crippen molar-refractivity contribution in [2.24, 2.45) is 0 Å². The van der Waals surface area contributed by atoms with Crippen molar-refractivity contribution < 1.29 is 9.53 Å². The summed E-state index contributed by atoms with van der Waals surface area (Å²) < 4.78 is 5.32. The maximum Gasteiger partial charge on any atom is 0.319 e. The molecule has 110 valence electrons. The van der Waals surface area contributed by atoms with Crippen molar-refractivity contribution >= 4 is 11.7 Å². The van der Waals surface area contributed by atoms with Gasteiger partial charge in [0.05, 0.1) is 19.0 Å². The molecule has 1 aromatic heterocycles. The minimum Gasteiger partial charge on any atom is -0.496 e. The normalized spacial score (nSPS) is 10.0. The molecule has 2 rings (SSSR count). The lowest BCUT2D eigenvalue weighted by atomic mass is 10.1. The Balaban J connectivity index is 1.84. The first-order valence-corrected chi connectivity index (χ1v) is 6.77. The van der Waals surface area contributed by atoms with E-state index in [9.17, 15) is 4.79 Å². The Bertz CT molecular complexity index is 600. The number of nitrogens with one attached hydrogen (secondary N) is 2. The van der Waals surface area contributed by atoms with Gasteiger partial charge in [-0.3, -0.25) is 4.98 Å². The standard InChI is InChI=1S/C16H19N3O2/c1-12-5-6-15(21-2)13(10-12)7-9-18-16(20)19-14-4-3-8-17-11-14/h3-6,8,10-11H,7,9H2,1-2H3,(H2,18,19,20). The summed E-state index contributed by atoms with van der Waals surface area (Å²) in [5, 5.41) is 5.54. The molecule has 0 fully saturated rings. The van der Waals surface area contributed by atoms with Gasteiger partial charge in [0.2, 0.25) is 0 Å². The Hall–Kier alpha value is -2.56. The number of aryl methyl sites for hydroxylation is 1. The van der Waals surface area contributed by atoms with Gasteiger partial charge in [0.25, 0.3) is 0 Å². The van der Waals surface area contributed by atoms with Crippen LogP contribution in [0.5, 0.6) is 5.75 Å². The highest BCUT2D eigenvalue weighted by molar-refractivity contribution is 5.88. The number of nitrogens with zero attached hydrogens (tertiary/aromatic N) is 1. The van der Waals surface area contributed by atoms with Crippen LogP contribution in [-0.4, -0.2) is 24.7 Å². The molecule has 0 saturated heterocycles. The summed E-state index contributed by atoms with van der Waals surface area (Å²) in [6, 6.07) is 9.34. The molecule has 0 saturated carbocycles. The number of anilines is 1. The lowest BCUT2D eigenvalue weighted by molar-refractivity contribution is 0.252. The molecule has 0 aliphatic rings. The van der Waals surface area contributed by atoms with Crippen LogP contribution in [0.2, 0.25) is 0 Å². The Labute approximate surface area is 124 Å². The summed E-state index contributed by atoms with van der Waals surface area (Å²) in [5.41, 5.74) is 2.92. The fourth-order valence-electron chi connectivity index (χ4n) is 2.03. The van der Waals surface area contributed by atoms with Gasteiger partial charge in [-0.25, -0.2) is 4.79 Å². The number of carbonyl (C=O) groups excluding carboxylic acids is 1. The van der Waals surface area contributed by atoms with Gasteiger partial charge in [-0.2, -0.15) is 0 Å². The molecule has 0 unspecified atom stereocenters. The zero-order valence-electron chi connectivity index (χ0n) is 12.2. The molecule has 0 aliphatic heterocycles. The molecule has 0 bridgehead atoms. The average Bonchev–Trinajstić information content (AvgIpc) is 2.48. The van der Waals surface area contributed by atoms with Gasteiger partial charge in [0.1, 0.15) is 5.75 Å². The first-order chi connectivity index (χ1) is 10.2. The molecular formula is C16H19N3O2. The first-order valence-electron chi connectivity index (χ1n) is 6.77. The first kappa shape index (κ1) is 14.8. The molecule has 5 nitrogen and oxygen atoms in total. The zero-order valence-corrected chi connectivity index (χ0v) is 12.2. The van der Waals surface area contributed by atoms with Crippen molar-refractivity contribution in [3.8, 4) is 5.75 Å². The molecular weight excluding hydrogens is 266 g/mol. The molecule has 0 spiro atoms. The predicted octanol–water partition coefficient (Wildman–Crippen LogP) is 2.76. The quantitative estimate of drug-likeness (QED) is 0.888. The molecule has 5 heteroatoms. The van der Waals surface area contributed by atoms with E-state index in [-0.39, 0.29) is 6.03 Å². The van der Waals surface area contributed by atoms with E-state index in [1.165, 1.54) is 5.56 Å². The van der Waals surface area contributed by atoms with Crippen molar-refractivity contribution in [3.63, 3.8) is 0 Å². The number of methoxy groups -OCH3 is 1. The van der Waals surface area contributed by atoms with E-state index in [4.69, 9.17) is 4.74 Å². The number of carbonyl (C=O) groups is 1. The molecule has 2 N–H and O–H groups in total. The predicted molar refractivity (Wildman–Crippen MR) is 82.7 cm³/mol. The highest BCUT2D eigenvalue weighted by Gasteiger charge is 2.05. The van der Waals surface area contributed by atoms with Crippen LogP contribution in [-0.2, 0) is 6.42 Å². The fourth-order valence-corrected chi connectivity index (χ4v) is 2.03. The van der Waals surface area contributed by atoms with Crippen LogP contribution >= 0.6 is 0 Å². The summed E-state index contributed by atoms with van der Waals surface area (Å²) in [7, 11) is 1.65. The highest BCUT2D eigenvalue weighted by Crippen LogP contribution is 2.19. The SMILES string of the molecule is COc1ccc(C)cc1CCNC(=O)Nc1cccnc1. The minimum atomic E-state index is -0.241. The van der Waals surface area contributed by atoms with Gasteiger partial charge in [-0.05, 0) is 37.1 Å². The monoisotopic (exact) mass is 285 g/mol. The number of hydrogen-bond acceptors (Lipinski definition) is 3. The maximum atomic E-state index is 11.7. The Morgan fingerprint density at radius 1 is 1.33 bits per heavy atom. The van der Waals surface area contributed by atoms with Gasteiger partial charge in [-0.1, -0.05) is 17.7 Å². The topological polar surface area (TPSA) is 63.2 Å². The van der Waals surface area contributed by atoms with Crippen LogP contribution in [0.15, 0.2) is 42.7 Å². The largest absolute Gasteiger partial charge is 0.496 e. The summed E-state index contributed by atoms with van der Waals surface area (Å²) in [6.07, 6.45) is 3.97. The summed E-state index contributed by atoms with van der Waals surface area (Å²) >= 11 is 0. The van der Waals surface area contributed by atoms with E-state index in [2.05, 4.69) is 21.7 Å². The van der Waals surface area contributed by atoms with E-state index < -0.39 is 0 Å². The molecule has 1 heterocycles. The van der Waals surface area contributed by atoms with Gasteiger partial charge >= 0.3 is 6.03 Å². The molecule has 1 aromatic carbocycles. The van der Waals surface area contributed by atoms with E-state index in [0.717, 1.165) is 11.3 Å². The van der Waals surface area contributed by atoms with Crippen molar-refractivity contribution in [1.29, 1.82) is 0 Å². The maximum absolute atomic E-state index is 11.7. The summed E-state index contributed by atoms with van der Waals surface area (Å²) in [4.78, 5) is 15.7. The summed E-state index contributed by atoms with van der Waals surface area (Å²) in [5.74, 6) is 0.843. The second kappa shape index (κ2) is 7.28. The molecule has 0 atom stereocenters. The third-order valence-electron chi connectivity index (χ3n) is 3.04. The highest BCUT2D eigenvalue weighted by atomic mass is 16.5. The third kappa shape index (κ3) is 4.49. The molecule has 2 aromatic rings. The lowest BCUT2D eigenvalue weighted by Crippen LogP contribution is -2.30. The molecule has 0 aliphatic carbocycles. The van der Waals surface area contributed by atoms with E-state index in [1.54, 1.807) is 31.6 Å². The number of amides is 2. The van der Waals surface area contributed by atoms with Crippen LogP contribution in [0, 0.1) is 6.92 Å². The van der Waals surface area contributed by atoms with E-state index in [1.807, 2.05) is 19.1 Å². The number of rotatable bonds is 5. The van der Waals surface area contributed by atoms with Gasteiger partial charge in [-0.15, -0.1) is 0 Å². The number of pyridine rings is 1. The smallest absolute Gasteiger partial charge is 0.319 e. The Morgan fingerprint density at radius 3 is 2.90 bits per heavy atom. The second-order valence-corrected chi connectivity index (χ2v) is 4.69.